The largest absolute Gasteiger partial charge is 0.478 e. The van der Waals surface area contributed by atoms with Gasteiger partial charge in [0.2, 0.25) is 0 Å². The molecule has 3 rings (SSSR count). The molecule has 1 amide bonds. The van der Waals surface area contributed by atoms with E-state index in [1.807, 2.05) is 68.3 Å². The summed E-state index contributed by atoms with van der Waals surface area (Å²) in [5, 5.41) is 12.2. The van der Waals surface area contributed by atoms with Gasteiger partial charge >= 0.3 is 5.97 Å². The number of benzene rings is 2. The van der Waals surface area contributed by atoms with Crippen molar-refractivity contribution in [2.75, 3.05) is 50.3 Å². The number of anilines is 2. The van der Waals surface area contributed by atoms with Crippen LogP contribution >= 0.6 is 11.8 Å². The van der Waals surface area contributed by atoms with Crippen LogP contribution in [0.3, 0.4) is 0 Å². The van der Waals surface area contributed by atoms with Gasteiger partial charge in [-0.2, -0.15) is 0 Å². The molecule has 0 atom stereocenters. The number of carboxylic acid groups (broad SMARTS) is 1. The molecule has 0 aromatic heterocycles. The van der Waals surface area contributed by atoms with Crippen LogP contribution in [0.5, 0.6) is 0 Å². The number of hydrogen-bond donors (Lipinski definition) is 2. The fourth-order valence-electron chi connectivity index (χ4n) is 2.42. The average molecular weight is 415 g/mol. The van der Waals surface area contributed by atoms with Gasteiger partial charge < -0.3 is 20.2 Å². The summed E-state index contributed by atoms with van der Waals surface area (Å²) in [4.78, 5) is 30.5. The molecule has 0 bridgehead atoms. The highest BCUT2D eigenvalue weighted by molar-refractivity contribution is 8.14. The Labute approximate surface area is 175 Å². The molecule has 2 aromatic carbocycles. The zero-order valence-electron chi connectivity index (χ0n) is 17.0. The van der Waals surface area contributed by atoms with Crippen LogP contribution in [0.4, 0.5) is 11.4 Å². The highest BCUT2D eigenvalue weighted by Gasteiger charge is 2.13. The lowest BCUT2D eigenvalue weighted by Gasteiger charge is -2.13. The van der Waals surface area contributed by atoms with Crippen molar-refractivity contribution >= 4 is 40.2 Å². The van der Waals surface area contributed by atoms with Crippen LogP contribution in [0, 0.1) is 0 Å². The molecule has 0 spiro atoms. The number of hydrogen-bond acceptors (Lipinski definition) is 6. The summed E-state index contributed by atoms with van der Waals surface area (Å²) in [6.07, 6.45) is 0. The van der Waals surface area contributed by atoms with Crippen LogP contribution in [0.15, 0.2) is 53.5 Å². The lowest BCUT2D eigenvalue weighted by molar-refractivity contribution is 0.0696. The van der Waals surface area contributed by atoms with Gasteiger partial charge in [-0.1, -0.05) is 23.9 Å². The molecular formula is C21H26N4O3S. The number of amides is 1. The van der Waals surface area contributed by atoms with Crippen molar-refractivity contribution in [2.45, 2.75) is 0 Å². The summed E-state index contributed by atoms with van der Waals surface area (Å²) in [6, 6.07) is 14.4. The van der Waals surface area contributed by atoms with E-state index in [2.05, 4.69) is 10.3 Å². The van der Waals surface area contributed by atoms with Crippen molar-refractivity contribution < 1.29 is 14.7 Å². The van der Waals surface area contributed by atoms with E-state index in [0.717, 1.165) is 28.8 Å². The van der Waals surface area contributed by atoms with Gasteiger partial charge in [0.25, 0.3) is 5.91 Å². The first kappa shape index (κ1) is 22.3. The number of rotatable bonds is 4. The number of aliphatic imine (C=N–C) groups is 1. The Bertz CT molecular complexity index is 897. The molecule has 2 N–H and O–H groups in total. The third-order valence-electron chi connectivity index (χ3n) is 4.04. The van der Waals surface area contributed by atoms with Crippen molar-refractivity contribution in [3.8, 4) is 0 Å². The molecular weight excluding hydrogens is 388 g/mol. The summed E-state index contributed by atoms with van der Waals surface area (Å²) in [5.74, 6) is -0.0339. The topological polar surface area (TPSA) is 85.2 Å². The molecule has 0 aliphatic carbocycles. The second-order valence-corrected chi connectivity index (χ2v) is 7.77. The number of amidine groups is 1. The van der Waals surface area contributed by atoms with Gasteiger partial charge in [-0.25, -0.2) is 4.79 Å². The first-order valence-electron chi connectivity index (χ1n) is 9.04. The third-order valence-corrected chi connectivity index (χ3v) is 4.93. The molecule has 29 heavy (non-hydrogen) atoms. The van der Waals surface area contributed by atoms with Crippen LogP contribution < -0.4 is 15.1 Å². The standard InChI is InChI=1S/C12H15N3OS.C9H11NO2/c1-15(2)10-5-3-4-9(8-10)11(16)14-12-13-6-7-17-12;1-10(2)8-5-3-4-7(6-8)9(11)12/h3-5,8H,6-7H2,1-2H3,(H,13,14,16);3-6H,1-2H3,(H,11,12). The molecule has 0 radical (unpaired) electrons. The fraction of sp³-hybridized carbons (Fsp3) is 0.286. The minimum absolute atomic E-state index is 0.0955. The second-order valence-electron chi connectivity index (χ2n) is 6.68. The molecule has 0 saturated carbocycles. The highest BCUT2D eigenvalue weighted by Crippen LogP contribution is 2.15. The lowest BCUT2D eigenvalue weighted by atomic mass is 10.2. The van der Waals surface area contributed by atoms with Crippen molar-refractivity contribution in [1.29, 1.82) is 0 Å². The maximum atomic E-state index is 12.0. The minimum Gasteiger partial charge on any atom is -0.478 e. The monoisotopic (exact) mass is 414 g/mol. The van der Waals surface area contributed by atoms with Gasteiger partial charge in [-0.15, -0.1) is 0 Å². The summed E-state index contributed by atoms with van der Waals surface area (Å²) < 4.78 is 0. The summed E-state index contributed by atoms with van der Waals surface area (Å²) in [5.41, 5.74) is 2.89. The molecule has 154 valence electrons. The number of aromatic carboxylic acids is 1. The van der Waals surface area contributed by atoms with Crippen LogP contribution in [0.2, 0.25) is 0 Å². The van der Waals surface area contributed by atoms with E-state index >= 15 is 0 Å². The fourth-order valence-corrected chi connectivity index (χ4v) is 3.15. The van der Waals surface area contributed by atoms with Crippen molar-refractivity contribution in [3.63, 3.8) is 0 Å². The molecule has 1 heterocycles. The average Bonchev–Trinajstić information content (AvgIpc) is 3.21. The number of carboxylic acids is 1. The number of nitrogens with one attached hydrogen (secondary N) is 1. The smallest absolute Gasteiger partial charge is 0.335 e. The first-order chi connectivity index (χ1) is 13.8. The van der Waals surface area contributed by atoms with E-state index in [9.17, 15) is 9.59 Å². The highest BCUT2D eigenvalue weighted by atomic mass is 32.2. The van der Waals surface area contributed by atoms with Crippen LogP contribution in [-0.4, -0.2) is 62.6 Å². The number of thioether (sulfide) groups is 1. The van der Waals surface area contributed by atoms with E-state index in [1.165, 1.54) is 0 Å². The zero-order valence-corrected chi connectivity index (χ0v) is 17.9. The number of carbonyl (C=O) groups excluding carboxylic acids is 1. The Kier molecular flexibility index (Phi) is 8.09. The predicted molar refractivity (Wildman–Crippen MR) is 121 cm³/mol. The van der Waals surface area contributed by atoms with Gasteiger partial charge in [0, 0.05) is 50.9 Å². The van der Waals surface area contributed by atoms with Gasteiger partial charge in [0.05, 0.1) is 12.1 Å². The van der Waals surface area contributed by atoms with Crippen LogP contribution in [0.1, 0.15) is 20.7 Å². The van der Waals surface area contributed by atoms with E-state index in [1.54, 1.807) is 30.0 Å². The Morgan fingerprint density at radius 3 is 2.00 bits per heavy atom. The molecule has 1 aliphatic rings. The molecule has 8 heteroatoms. The normalized spacial score (nSPS) is 12.3. The van der Waals surface area contributed by atoms with E-state index in [0.29, 0.717) is 11.1 Å². The number of carbonyl (C=O) groups is 2. The second kappa shape index (κ2) is 10.5. The maximum absolute atomic E-state index is 12.0. The molecule has 0 unspecified atom stereocenters. The molecule has 1 aliphatic heterocycles. The summed E-state index contributed by atoms with van der Waals surface area (Å²) in [6.45, 7) is 0.790. The molecule has 0 fully saturated rings. The summed E-state index contributed by atoms with van der Waals surface area (Å²) in [7, 11) is 7.66. The minimum atomic E-state index is -0.890. The molecule has 0 saturated heterocycles. The predicted octanol–water partition coefficient (Wildman–Crippen LogP) is 3.04. The third kappa shape index (κ3) is 6.83. The maximum Gasteiger partial charge on any atom is 0.335 e. The Morgan fingerprint density at radius 2 is 1.52 bits per heavy atom. The Balaban J connectivity index is 0.000000221. The van der Waals surface area contributed by atoms with Crippen LogP contribution in [-0.2, 0) is 0 Å². The van der Waals surface area contributed by atoms with Crippen LogP contribution in [0.25, 0.3) is 0 Å². The quantitative estimate of drug-likeness (QED) is 0.800. The zero-order chi connectivity index (χ0) is 21.4. The molecule has 7 nitrogen and oxygen atoms in total. The number of nitrogens with zero attached hydrogens (tertiary/aromatic N) is 3. The van der Waals surface area contributed by atoms with E-state index < -0.39 is 5.97 Å². The van der Waals surface area contributed by atoms with Gasteiger partial charge in [0.15, 0.2) is 5.17 Å². The first-order valence-corrected chi connectivity index (χ1v) is 10.0. The van der Waals surface area contributed by atoms with E-state index in [4.69, 9.17) is 5.11 Å². The van der Waals surface area contributed by atoms with Crippen molar-refractivity contribution in [1.82, 2.24) is 5.32 Å². The van der Waals surface area contributed by atoms with Gasteiger partial charge in [-0.05, 0) is 36.4 Å². The molecule has 2 aromatic rings. The van der Waals surface area contributed by atoms with Gasteiger partial charge in [0.1, 0.15) is 0 Å². The van der Waals surface area contributed by atoms with Crippen molar-refractivity contribution in [3.05, 3.63) is 59.7 Å². The SMILES string of the molecule is CN(C)c1cccc(C(=O)NC2=NCCS2)c1.CN(C)c1cccc(C(=O)O)c1. The van der Waals surface area contributed by atoms with Gasteiger partial charge in [-0.3, -0.25) is 9.79 Å². The summed E-state index contributed by atoms with van der Waals surface area (Å²) >= 11 is 1.58. The Morgan fingerprint density at radius 1 is 0.966 bits per heavy atom. The van der Waals surface area contributed by atoms with Crippen molar-refractivity contribution in [2.24, 2.45) is 4.99 Å². The lowest BCUT2D eigenvalue weighted by Crippen LogP contribution is -2.27. The van der Waals surface area contributed by atoms with E-state index in [-0.39, 0.29) is 5.91 Å². The Hall–Kier alpha value is -3.00.